The van der Waals surface area contributed by atoms with Crippen molar-refractivity contribution in [1.29, 1.82) is 0 Å². The summed E-state index contributed by atoms with van der Waals surface area (Å²) in [6.07, 6.45) is 2.33. The fraction of sp³-hybridized carbons (Fsp3) is 0.538. The van der Waals surface area contributed by atoms with Crippen LogP contribution in [0.25, 0.3) is 0 Å². The smallest absolute Gasteiger partial charge is 0.119 e. The third-order valence-electron chi connectivity index (χ3n) is 2.25. The Labute approximate surface area is 92.2 Å². The van der Waals surface area contributed by atoms with Crippen LogP contribution in [0.2, 0.25) is 0 Å². The quantitative estimate of drug-likeness (QED) is 0.666. The lowest BCUT2D eigenvalue weighted by atomic mass is 10.1. The van der Waals surface area contributed by atoms with Crippen LogP contribution in [0.5, 0.6) is 11.5 Å². The molecule has 1 rings (SSSR count). The Morgan fingerprint density at radius 1 is 1.07 bits per heavy atom. The van der Waals surface area contributed by atoms with Crippen molar-refractivity contribution in [3.05, 3.63) is 24.3 Å². The zero-order valence-electron chi connectivity index (χ0n) is 9.82. The third kappa shape index (κ3) is 4.73. The van der Waals surface area contributed by atoms with Crippen molar-refractivity contribution < 1.29 is 9.47 Å². The van der Waals surface area contributed by atoms with Crippen LogP contribution in [0, 0.1) is 5.92 Å². The molecule has 0 atom stereocenters. The van der Waals surface area contributed by atoms with Gasteiger partial charge in [-0.25, -0.2) is 0 Å². The molecule has 1 aromatic carbocycles. The average Bonchev–Trinajstić information content (AvgIpc) is 2.25. The van der Waals surface area contributed by atoms with Gasteiger partial charge in [-0.1, -0.05) is 13.8 Å². The van der Waals surface area contributed by atoms with Crippen molar-refractivity contribution in [2.24, 2.45) is 5.92 Å². The molecule has 0 N–H and O–H groups in total. The minimum absolute atomic E-state index is 0.754. The SMILES string of the molecule is COc1ccc(OCCCC(C)C)cc1. The molecule has 0 heterocycles. The molecular formula is C13H20O2. The van der Waals surface area contributed by atoms with E-state index in [9.17, 15) is 0 Å². The van der Waals surface area contributed by atoms with Crippen LogP contribution in [0.3, 0.4) is 0 Å². The van der Waals surface area contributed by atoms with E-state index >= 15 is 0 Å². The molecule has 0 aliphatic carbocycles. The van der Waals surface area contributed by atoms with Gasteiger partial charge in [0, 0.05) is 0 Å². The summed E-state index contributed by atoms with van der Waals surface area (Å²) in [5.74, 6) is 2.54. The van der Waals surface area contributed by atoms with E-state index in [0.717, 1.165) is 30.4 Å². The second-order valence-corrected chi connectivity index (χ2v) is 4.06. The van der Waals surface area contributed by atoms with Gasteiger partial charge in [-0.2, -0.15) is 0 Å². The first-order chi connectivity index (χ1) is 7.22. The Balaban J connectivity index is 2.25. The molecule has 0 fully saturated rings. The van der Waals surface area contributed by atoms with E-state index in [0.29, 0.717) is 0 Å². The average molecular weight is 208 g/mol. The molecule has 2 nitrogen and oxygen atoms in total. The normalized spacial score (nSPS) is 10.4. The number of ether oxygens (including phenoxy) is 2. The highest BCUT2D eigenvalue weighted by Gasteiger charge is 1.96. The van der Waals surface area contributed by atoms with Crippen molar-refractivity contribution in [1.82, 2.24) is 0 Å². The first-order valence-electron chi connectivity index (χ1n) is 5.49. The molecule has 0 saturated carbocycles. The van der Waals surface area contributed by atoms with Crippen LogP contribution in [-0.4, -0.2) is 13.7 Å². The summed E-state index contributed by atoms with van der Waals surface area (Å²) in [5.41, 5.74) is 0. The van der Waals surface area contributed by atoms with Gasteiger partial charge < -0.3 is 9.47 Å². The molecule has 2 heteroatoms. The van der Waals surface area contributed by atoms with Gasteiger partial charge >= 0.3 is 0 Å². The molecule has 0 aliphatic rings. The Bertz CT molecular complexity index is 264. The van der Waals surface area contributed by atoms with E-state index in [1.165, 1.54) is 6.42 Å². The molecule has 0 saturated heterocycles. The molecular weight excluding hydrogens is 188 g/mol. The third-order valence-corrected chi connectivity index (χ3v) is 2.25. The number of methoxy groups -OCH3 is 1. The summed E-state index contributed by atoms with van der Waals surface area (Å²) >= 11 is 0. The summed E-state index contributed by atoms with van der Waals surface area (Å²) in [6, 6.07) is 7.71. The number of rotatable bonds is 6. The largest absolute Gasteiger partial charge is 0.497 e. The molecule has 1 aromatic rings. The first-order valence-corrected chi connectivity index (χ1v) is 5.49. The molecule has 0 aliphatic heterocycles. The van der Waals surface area contributed by atoms with Gasteiger partial charge in [0.05, 0.1) is 13.7 Å². The molecule has 0 aromatic heterocycles. The fourth-order valence-corrected chi connectivity index (χ4v) is 1.35. The zero-order chi connectivity index (χ0) is 11.1. The molecule has 0 radical (unpaired) electrons. The van der Waals surface area contributed by atoms with E-state index < -0.39 is 0 Å². The maximum absolute atomic E-state index is 5.60. The Morgan fingerprint density at radius 3 is 2.20 bits per heavy atom. The molecule has 15 heavy (non-hydrogen) atoms. The van der Waals surface area contributed by atoms with Crippen LogP contribution in [0.1, 0.15) is 26.7 Å². The summed E-state index contributed by atoms with van der Waals surface area (Å²) < 4.78 is 10.7. The highest BCUT2D eigenvalue weighted by Crippen LogP contribution is 2.17. The van der Waals surface area contributed by atoms with E-state index in [1.807, 2.05) is 24.3 Å². The maximum atomic E-state index is 5.60. The highest BCUT2D eigenvalue weighted by molar-refractivity contribution is 5.30. The molecule has 0 amide bonds. The van der Waals surface area contributed by atoms with Gasteiger partial charge in [-0.15, -0.1) is 0 Å². The maximum Gasteiger partial charge on any atom is 0.119 e. The summed E-state index contributed by atoms with van der Waals surface area (Å²) in [6.45, 7) is 5.26. The predicted molar refractivity (Wildman–Crippen MR) is 62.6 cm³/mol. The lowest BCUT2D eigenvalue weighted by Gasteiger charge is -2.08. The molecule has 0 bridgehead atoms. The van der Waals surface area contributed by atoms with Gasteiger partial charge in [0.15, 0.2) is 0 Å². The zero-order valence-corrected chi connectivity index (χ0v) is 9.82. The summed E-state index contributed by atoms with van der Waals surface area (Å²) in [7, 11) is 1.67. The summed E-state index contributed by atoms with van der Waals surface area (Å²) in [5, 5.41) is 0. The van der Waals surface area contributed by atoms with Gasteiger partial charge in [0.25, 0.3) is 0 Å². The van der Waals surface area contributed by atoms with Crippen LogP contribution in [0.4, 0.5) is 0 Å². The minimum Gasteiger partial charge on any atom is -0.497 e. The van der Waals surface area contributed by atoms with E-state index in [2.05, 4.69) is 13.8 Å². The number of hydrogen-bond donors (Lipinski definition) is 0. The first kappa shape index (κ1) is 11.9. The van der Waals surface area contributed by atoms with Crippen molar-refractivity contribution in [3.8, 4) is 11.5 Å². The molecule has 0 unspecified atom stereocenters. The van der Waals surface area contributed by atoms with Gasteiger partial charge in [-0.3, -0.25) is 0 Å². The standard InChI is InChI=1S/C13H20O2/c1-11(2)5-4-10-15-13-8-6-12(14-3)7-9-13/h6-9,11H,4-5,10H2,1-3H3. The van der Waals surface area contributed by atoms with Crippen LogP contribution >= 0.6 is 0 Å². The van der Waals surface area contributed by atoms with E-state index in [-0.39, 0.29) is 0 Å². The van der Waals surface area contributed by atoms with Crippen LogP contribution in [-0.2, 0) is 0 Å². The van der Waals surface area contributed by atoms with Crippen molar-refractivity contribution in [2.75, 3.05) is 13.7 Å². The molecule has 0 spiro atoms. The van der Waals surface area contributed by atoms with Crippen LogP contribution in [0.15, 0.2) is 24.3 Å². The van der Waals surface area contributed by atoms with Crippen molar-refractivity contribution in [3.63, 3.8) is 0 Å². The van der Waals surface area contributed by atoms with Gasteiger partial charge in [-0.05, 0) is 43.0 Å². The van der Waals surface area contributed by atoms with Crippen LogP contribution < -0.4 is 9.47 Å². The molecule has 84 valence electrons. The van der Waals surface area contributed by atoms with E-state index in [1.54, 1.807) is 7.11 Å². The minimum atomic E-state index is 0.754. The number of hydrogen-bond acceptors (Lipinski definition) is 2. The predicted octanol–water partition coefficient (Wildman–Crippen LogP) is 3.51. The van der Waals surface area contributed by atoms with Crippen molar-refractivity contribution >= 4 is 0 Å². The fourth-order valence-electron chi connectivity index (χ4n) is 1.35. The number of benzene rings is 1. The second kappa shape index (κ2) is 6.33. The Kier molecular flexibility index (Phi) is 5.02. The van der Waals surface area contributed by atoms with Gasteiger partial charge in [0.1, 0.15) is 11.5 Å². The Hall–Kier alpha value is -1.18. The summed E-state index contributed by atoms with van der Waals surface area (Å²) in [4.78, 5) is 0. The Morgan fingerprint density at radius 2 is 1.67 bits per heavy atom. The highest BCUT2D eigenvalue weighted by atomic mass is 16.5. The lowest BCUT2D eigenvalue weighted by Crippen LogP contribution is -1.99. The lowest BCUT2D eigenvalue weighted by molar-refractivity contribution is 0.297. The topological polar surface area (TPSA) is 18.5 Å². The van der Waals surface area contributed by atoms with Gasteiger partial charge in [0.2, 0.25) is 0 Å². The van der Waals surface area contributed by atoms with Crippen molar-refractivity contribution in [2.45, 2.75) is 26.7 Å². The second-order valence-electron chi connectivity index (χ2n) is 4.06. The monoisotopic (exact) mass is 208 g/mol. The van der Waals surface area contributed by atoms with E-state index in [4.69, 9.17) is 9.47 Å².